The van der Waals surface area contributed by atoms with Crippen molar-refractivity contribution >= 4 is 15.9 Å². The standard InChI is InChI=1S/C15H28N2O4S/c1-22(19,20)17(14-6-4-2-3-5-7-14)9-8-15(18)16-10-12-21-13-11-16/h14H,2-13H2,1H3. The predicted octanol–water partition coefficient (Wildman–Crippen LogP) is 1.22. The van der Waals surface area contributed by atoms with Crippen molar-refractivity contribution < 1.29 is 17.9 Å². The fraction of sp³-hybridized carbons (Fsp3) is 0.933. The number of amides is 1. The fourth-order valence-electron chi connectivity index (χ4n) is 3.34. The quantitative estimate of drug-likeness (QED) is 0.710. The van der Waals surface area contributed by atoms with E-state index < -0.39 is 10.0 Å². The smallest absolute Gasteiger partial charge is 0.224 e. The van der Waals surface area contributed by atoms with Crippen LogP contribution in [0.25, 0.3) is 0 Å². The van der Waals surface area contributed by atoms with Crippen molar-refractivity contribution in [2.24, 2.45) is 0 Å². The molecule has 0 atom stereocenters. The van der Waals surface area contributed by atoms with Crippen molar-refractivity contribution in [1.29, 1.82) is 0 Å². The maximum atomic E-state index is 12.2. The summed E-state index contributed by atoms with van der Waals surface area (Å²) in [4.78, 5) is 14.0. The van der Waals surface area contributed by atoms with Crippen LogP contribution in [0.4, 0.5) is 0 Å². The molecule has 128 valence electrons. The summed E-state index contributed by atoms with van der Waals surface area (Å²) in [6.45, 7) is 2.68. The largest absolute Gasteiger partial charge is 0.378 e. The Kier molecular flexibility index (Phi) is 6.65. The highest BCUT2D eigenvalue weighted by Gasteiger charge is 2.28. The highest BCUT2D eigenvalue weighted by molar-refractivity contribution is 7.88. The zero-order valence-corrected chi connectivity index (χ0v) is 14.3. The van der Waals surface area contributed by atoms with Crippen LogP contribution in [0, 0.1) is 0 Å². The summed E-state index contributed by atoms with van der Waals surface area (Å²) in [5.41, 5.74) is 0. The topological polar surface area (TPSA) is 66.9 Å². The molecule has 1 aliphatic carbocycles. The molecule has 0 radical (unpaired) electrons. The molecule has 0 unspecified atom stereocenters. The molecule has 1 amide bonds. The first-order valence-corrected chi connectivity index (χ1v) is 10.2. The highest BCUT2D eigenvalue weighted by Crippen LogP contribution is 2.24. The molecule has 0 aromatic carbocycles. The number of nitrogens with zero attached hydrogens (tertiary/aromatic N) is 2. The summed E-state index contributed by atoms with van der Waals surface area (Å²) in [6.07, 6.45) is 7.88. The molecule has 2 aliphatic rings. The fourth-order valence-corrected chi connectivity index (χ4v) is 4.52. The van der Waals surface area contributed by atoms with Gasteiger partial charge in [-0.05, 0) is 12.8 Å². The van der Waals surface area contributed by atoms with Gasteiger partial charge in [-0.1, -0.05) is 25.7 Å². The van der Waals surface area contributed by atoms with Crippen LogP contribution < -0.4 is 0 Å². The first kappa shape index (κ1) is 17.7. The van der Waals surface area contributed by atoms with Crippen molar-refractivity contribution in [2.75, 3.05) is 39.1 Å². The second-order valence-electron chi connectivity index (χ2n) is 6.26. The Bertz CT molecular complexity index is 452. The van der Waals surface area contributed by atoms with Crippen molar-refractivity contribution in [3.05, 3.63) is 0 Å². The summed E-state index contributed by atoms with van der Waals surface area (Å²) in [7, 11) is -3.27. The molecule has 2 rings (SSSR count). The summed E-state index contributed by atoms with van der Waals surface area (Å²) in [6, 6.07) is 0.0648. The van der Waals surface area contributed by atoms with Crippen LogP contribution in [0.3, 0.4) is 0 Å². The van der Waals surface area contributed by atoms with Crippen molar-refractivity contribution in [1.82, 2.24) is 9.21 Å². The summed E-state index contributed by atoms with van der Waals surface area (Å²) < 4.78 is 31.0. The molecule has 22 heavy (non-hydrogen) atoms. The number of carbonyl (C=O) groups excluding carboxylic acids is 1. The van der Waals surface area contributed by atoms with Gasteiger partial charge in [0.15, 0.2) is 0 Å². The monoisotopic (exact) mass is 332 g/mol. The van der Waals surface area contributed by atoms with Gasteiger partial charge < -0.3 is 9.64 Å². The Balaban J connectivity index is 1.93. The number of hydrogen-bond acceptors (Lipinski definition) is 4. The van der Waals surface area contributed by atoms with Crippen LogP contribution in [0.5, 0.6) is 0 Å². The molecular formula is C15H28N2O4S. The van der Waals surface area contributed by atoms with Crippen LogP contribution in [0.1, 0.15) is 44.9 Å². The lowest BCUT2D eigenvalue weighted by Gasteiger charge is -2.31. The van der Waals surface area contributed by atoms with Gasteiger partial charge in [0.1, 0.15) is 0 Å². The predicted molar refractivity (Wildman–Crippen MR) is 85.1 cm³/mol. The number of hydrogen-bond donors (Lipinski definition) is 0. The number of sulfonamides is 1. The van der Waals surface area contributed by atoms with Crippen LogP contribution in [-0.4, -0.2) is 68.7 Å². The van der Waals surface area contributed by atoms with E-state index in [0.717, 1.165) is 25.7 Å². The molecule has 2 fully saturated rings. The number of carbonyl (C=O) groups is 1. The molecule has 1 heterocycles. The van der Waals surface area contributed by atoms with Crippen molar-refractivity contribution in [2.45, 2.75) is 51.0 Å². The average Bonchev–Trinajstić information content (AvgIpc) is 2.76. The van der Waals surface area contributed by atoms with E-state index in [2.05, 4.69) is 0 Å². The third kappa shape index (κ3) is 5.21. The van der Waals surface area contributed by atoms with Crippen molar-refractivity contribution in [3.8, 4) is 0 Å². The van der Waals surface area contributed by atoms with Gasteiger partial charge in [0.2, 0.25) is 15.9 Å². The van der Waals surface area contributed by atoms with Gasteiger partial charge in [0, 0.05) is 32.1 Å². The zero-order chi connectivity index (χ0) is 16.0. The molecule has 0 spiro atoms. The van der Waals surface area contributed by atoms with Gasteiger partial charge in [-0.2, -0.15) is 4.31 Å². The molecule has 0 N–H and O–H groups in total. The van der Waals surface area contributed by atoms with Gasteiger partial charge in [0.25, 0.3) is 0 Å². The lowest BCUT2D eigenvalue weighted by atomic mass is 10.1. The second kappa shape index (κ2) is 8.26. The number of morpholine rings is 1. The van der Waals surface area contributed by atoms with E-state index in [1.54, 1.807) is 9.21 Å². The molecular weight excluding hydrogens is 304 g/mol. The van der Waals surface area contributed by atoms with Gasteiger partial charge in [-0.3, -0.25) is 4.79 Å². The van der Waals surface area contributed by atoms with E-state index in [4.69, 9.17) is 4.74 Å². The lowest BCUT2D eigenvalue weighted by molar-refractivity contribution is -0.135. The van der Waals surface area contributed by atoms with E-state index in [1.165, 1.54) is 19.1 Å². The first-order chi connectivity index (χ1) is 10.5. The van der Waals surface area contributed by atoms with Crippen molar-refractivity contribution in [3.63, 3.8) is 0 Å². The average molecular weight is 332 g/mol. The maximum absolute atomic E-state index is 12.2. The van der Waals surface area contributed by atoms with Crippen LogP contribution in [0.15, 0.2) is 0 Å². The Labute approximate surface area is 133 Å². The maximum Gasteiger partial charge on any atom is 0.224 e. The molecule has 1 saturated heterocycles. The minimum absolute atomic E-state index is 0.0329. The van der Waals surface area contributed by atoms with E-state index in [0.29, 0.717) is 32.8 Å². The summed E-state index contributed by atoms with van der Waals surface area (Å²) >= 11 is 0. The number of rotatable bonds is 5. The van der Waals surface area contributed by atoms with Gasteiger partial charge >= 0.3 is 0 Å². The summed E-state index contributed by atoms with van der Waals surface area (Å²) in [5, 5.41) is 0. The van der Waals surface area contributed by atoms with E-state index in [-0.39, 0.29) is 18.4 Å². The minimum atomic E-state index is -3.27. The molecule has 0 aromatic rings. The van der Waals surface area contributed by atoms with Crippen LogP contribution in [-0.2, 0) is 19.6 Å². The third-order valence-corrected chi connectivity index (χ3v) is 5.90. The summed E-state index contributed by atoms with van der Waals surface area (Å²) in [5.74, 6) is 0.0329. The lowest BCUT2D eigenvalue weighted by Crippen LogP contribution is -2.44. The second-order valence-corrected chi connectivity index (χ2v) is 8.20. The van der Waals surface area contributed by atoms with Gasteiger partial charge in [-0.25, -0.2) is 8.42 Å². The first-order valence-electron chi connectivity index (χ1n) is 8.31. The van der Waals surface area contributed by atoms with E-state index in [1.807, 2.05) is 0 Å². The Morgan fingerprint density at radius 3 is 2.27 bits per heavy atom. The van der Waals surface area contributed by atoms with E-state index in [9.17, 15) is 13.2 Å². The molecule has 0 aromatic heterocycles. The zero-order valence-electron chi connectivity index (χ0n) is 13.5. The van der Waals surface area contributed by atoms with Crippen LogP contribution in [0.2, 0.25) is 0 Å². The number of ether oxygens (including phenoxy) is 1. The molecule has 1 aliphatic heterocycles. The SMILES string of the molecule is CS(=O)(=O)N(CCC(=O)N1CCOCC1)C1CCCCCC1. The van der Waals surface area contributed by atoms with Crippen LogP contribution >= 0.6 is 0 Å². The highest BCUT2D eigenvalue weighted by atomic mass is 32.2. The molecule has 6 nitrogen and oxygen atoms in total. The molecule has 1 saturated carbocycles. The molecule has 7 heteroatoms. The Hall–Kier alpha value is -0.660. The molecule has 0 bridgehead atoms. The van der Waals surface area contributed by atoms with Gasteiger partial charge in [0.05, 0.1) is 19.5 Å². The minimum Gasteiger partial charge on any atom is -0.378 e. The van der Waals surface area contributed by atoms with E-state index >= 15 is 0 Å². The van der Waals surface area contributed by atoms with Gasteiger partial charge in [-0.15, -0.1) is 0 Å². The third-order valence-electron chi connectivity index (χ3n) is 4.57. The Morgan fingerprint density at radius 2 is 1.73 bits per heavy atom. The normalized spacial score (nSPS) is 21.8. The Morgan fingerprint density at radius 1 is 1.14 bits per heavy atom.